The van der Waals surface area contributed by atoms with Gasteiger partial charge in [-0.25, -0.2) is 0 Å². The van der Waals surface area contributed by atoms with E-state index in [1.54, 1.807) is 0 Å². The molecule has 2 fully saturated rings. The fourth-order valence-corrected chi connectivity index (χ4v) is 3.52. The number of likely N-dealkylation sites (tertiary alicyclic amines) is 2. The maximum Gasteiger partial charge on any atom is 0.228 e. The number of para-hydroxylation sites is 1. The molecule has 142 valence electrons. The van der Waals surface area contributed by atoms with Crippen molar-refractivity contribution in [3.8, 4) is 5.75 Å². The number of amides is 2. The van der Waals surface area contributed by atoms with E-state index in [9.17, 15) is 9.59 Å². The lowest BCUT2D eigenvalue weighted by Gasteiger charge is -2.40. The normalized spacial score (nSPS) is 20.6. The predicted molar refractivity (Wildman–Crippen MR) is 100 cm³/mol. The van der Waals surface area contributed by atoms with Crippen LogP contribution in [0.5, 0.6) is 5.75 Å². The van der Waals surface area contributed by atoms with Gasteiger partial charge in [0.05, 0.1) is 19.0 Å². The van der Waals surface area contributed by atoms with Gasteiger partial charge in [-0.2, -0.15) is 0 Å². The van der Waals surface area contributed by atoms with Gasteiger partial charge >= 0.3 is 0 Å². The first-order valence-corrected chi connectivity index (χ1v) is 9.43. The second kappa shape index (κ2) is 8.08. The van der Waals surface area contributed by atoms with Crippen molar-refractivity contribution >= 4 is 11.8 Å². The topological polar surface area (TPSA) is 53.1 Å². The minimum absolute atomic E-state index is 0.0496. The van der Waals surface area contributed by atoms with Crippen molar-refractivity contribution in [3.63, 3.8) is 0 Å². The number of carbonyl (C=O) groups excluding carboxylic acids is 2. The Morgan fingerprint density at radius 1 is 1.23 bits per heavy atom. The molecule has 0 radical (unpaired) electrons. The molecule has 0 aliphatic carbocycles. The average molecular weight is 359 g/mol. The van der Waals surface area contributed by atoms with E-state index in [4.69, 9.17) is 4.74 Å². The Morgan fingerprint density at radius 2 is 1.96 bits per heavy atom. The van der Waals surface area contributed by atoms with Crippen LogP contribution in [0.4, 0.5) is 0 Å². The summed E-state index contributed by atoms with van der Waals surface area (Å²) in [6, 6.07) is 8.05. The van der Waals surface area contributed by atoms with E-state index in [0.717, 1.165) is 18.7 Å². The summed E-state index contributed by atoms with van der Waals surface area (Å²) in [4.78, 5) is 30.5. The van der Waals surface area contributed by atoms with Gasteiger partial charge in [0, 0.05) is 26.1 Å². The zero-order valence-corrected chi connectivity index (χ0v) is 16.0. The minimum atomic E-state index is -0.200. The molecule has 6 heteroatoms. The van der Waals surface area contributed by atoms with Crippen molar-refractivity contribution in [1.82, 2.24) is 14.7 Å². The largest absolute Gasteiger partial charge is 0.486 e. The highest BCUT2D eigenvalue weighted by molar-refractivity contribution is 5.89. The fourth-order valence-electron chi connectivity index (χ4n) is 3.52. The van der Waals surface area contributed by atoms with Crippen LogP contribution in [-0.2, 0) is 16.0 Å². The first-order valence-electron chi connectivity index (χ1n) is 9.43. The first-order chi connectivity index (χ1) is 12.5. The molecule has 1 aromatic carbocycles. The Labute approximate surface area is 155 Å². The third-order valence-electron chi connectivity index (χ3n) is 5.19. The molecule has 0 unspecified atom stereocenters. The van der Waals surface area contributed by atoms with Crippen molar-refractivity contribution in [1.29, 1.82) is 0 Å². The molecule has 2 aliphatic rings. The number of aryl methyl sites for hydroxylation is 1. The predicted octanol–water partition coefficient (Wildman–Crippen LogP) is 1.25. The number of hydrogen-bond acceptors (Lipinski definition) is 4. The molecule has 2 saturated heterocycles. The summed E-state index contributed by atoms with van der Waals surface area (Å²) >= 11 is 0. The zero-order valence-electron chi connectivity index (χ0n) is 16.0. The molecule has 2 heterocycles. The van der Waals surface area contributed by atoms with Gasteiger partial charge in [0.2, 0.25) is 11.8 Å². The summed E-state index contributed by atoms with van der Waals surface area (Å²) < 4.78 is 6.05. The molecule has 1 aromatic rings. The van der Waals surface area contributed by atoms with Crippen LogP contribution >= 0.6 is 0 Å². The Balaban J connectivity index is 1.47. The standard InChI is InChI=1S/C20H29N3O3/c1-4-15-7-5-6-8-18(15)26-17-13-23(14-17)20(25)16-11-19(24)22(12-16)10-9-21(2)3/h5-8,16-17H,4,9-14H2,1-3H3/t16-/m1/s1. The second-order valence-corrected chi connectivity index (χ2v) is 7.49. The van der Waals surface area contributed by atoms with E-state index in [1.165, 1.54) is 5.56 Å². The van der Waals surface area contributed by atoms with Crippen LogP contribution in [0.25, 0.3) is 0 Å². The molecular weight excluding hydrogens is 330 g/mol. The van der Waals surface area contributed by atoms with Crippen molar-refractivity contribution in [2.24, 2.45) is 5.92 Å². The molecule has 6 nitrogen and oxygen atoms in total. The van der Waals surface area contributed by atoms with Gasteiger partial charge in [0.15, 0.2) is 0 Å². The highest BCUT2D eigenvalue weighted by atomic mass is 16.5. The summed E-state index contributed by atoms with van der Waals surface area (Å²) in [7, 11) is 3.97. The number of likely N-dealkylation sites (N-methyl/N-ethyl adjacent to an activating group) is 1. The maximum atomic E-state index is 12.7. The first kappa shape index (κ1) is 18.7. The Hall–Kier alpha value is -2.08. The lowest BCUT2D eigenvalue weighted by atomic mass is 10.0. The minimum Gasteiger partial charge on any atom is -0.486 e. The molecule has 2 amide bonds. The highest BCUT2D eigenvalue weighted by Gasteiger charge is 2.41. The molecule has 0 bridgehead atoms. The van der Waals surface area contributed by atoms with Gasteiger partial charge in [0.25, 0.3) is 0 Å². The van der Waals surface area contributed by atoms with Crippen LogP contribution in [-0.4, -0.2) is 79.4 Å². The molecule has 2 aliphatic heterocycles. The van der Waals surface area contributed by atoms with Gasteiger partial charge in [0.1, 0.15) is 11.9 Å². The molecule has 0 aromatic heterocycles. The molecular formula is C20H29N3O3. The Kier molecular flexibility index (Phi) is 5.81. The second-order valence-electron chi connectivity index (χ2n) is 7.49. The summed E-state index contributed by atoms with van der Waals surface area (Å²) in [6.07, 6.45) is 1.32. The number of rotatable bonds is 7. The fraction of sp³-hybridized carbons (Fsp3) is 0.600. The monoisotopic (exact) mass is 359 g/mol. The van der Waals surface area contributed by atoms with Gasteiger partial charge < -0.3 is 19.4 Å². The molecule has 1 atom stereocenters. The van der Waals surface area contributed by atoms with E-state index >= 15 is 0 Å². The number of nitrogens with zero attached hydrogens (tertiary/aromatic N) is 3. The van der Waals surface area contributed by atoms with Crippen molar-refractivity contribution < 1.29 is 14.3 Å². The molecule has 26 heavy (non-hydrogen) atoms. The van der Waals surface area contributed by atoms with Crippen molar-refractivity contribution in [3.05, 3.63) is 29.8 Å². The van der Waals surface area contributed by atoms with Crippen LogP contribution in [0.3, 0.4) is 0 Å². The molecule has 0 saturated carbocycles. The molecule has 0 N–H and O–H groups in total. The number of ether oxygens (including phenoxy) is 1. The van der Waals surface area contributed by atoms with Crippen LogP contribution in [0.2, 0.25) is 0 Å². The van der Waals surface area contributed by atoms with E-state index in [1.807, 2.05) is 47.0 Å². The van der Waals surface area contributed by atoms with Gasteiger partial charge in [-0.05, 0) is 32.1 Å². The van der Waals surface area contributed by atoms with E-state index in [-0.39, 0.29) is 23.8 Å². The third kappa shape index (κ3) is 4.18. The van der Waals surface area contributed by atoms with Crippen LogP contribution in [0.15, 0.2) is 24.3 Å². The number of carbonyl (C=O) groups is 2. The lowest BCUT2D eigenvalue weighted by molar-refractivity contribution is -0.144. The van der Waals surface area contributed by atoms with Crippen LogP contribution < -0.4 is 4.74 Å². The summed E-state index contributed by atoms with van der Waals surface area (Å²) in [5.74, 6) is 0.899. The lowest BCUT2D eigenvalue weighted by Crippen LogP contribution is -2.57. The summed E-state index contributed by atoms with van der Waals surface area (Å²) in [5.41, 5.74) is 1.19. The van der Waals surface area contributed by atoms with Gasteiger partial charge in [-0.1, -0.05) is 25.1 Å². The van der Waals surface area contributed by atoms with Crippen molar-refractivity contribution in [2.45, 2.75) is 25.9 Å². The van der Waals surface area contributed by atoms with E-state index in [2.05, 4.69) is 13.0 Å². The smallest absolute Gasteiger partial charge is 0.228 e. The Morgan fingerprint density at radius 3 is 2.65 bits per heavy atom. The summed E-state index contributed by atoms with van der Waals surface area (Å²) in [6.45, 7) is 5.39. The Bertz CT molecular complexity index is 655. The maximum absolute atomic E-state index is 12.7. The van der Waals surface area contributed by atoms with E-state index in [0.29, 0.717) is 32.6 Å². The highest BCUT2D eigenvalue weighted by Crippen LogP contribution is 2.26. The van der Waals surface area contributed by atoms with Crippen LogP contribution in [0, 0.1) is 5.92 Å². The van der Waals surface area contributed by atoms with E-state index < -0.39 is 0 Å². The zero-order chi connectivity index (χ0) is 18.7. The quantitative estimate of drug-likeness (QED) is 0.735. The average Bonchev–Trinajstić information content (AvgIpc) is 2.96. The van der Waals surface area contributed by atoms with Crippen LogP contribution in [0.1, 0.15) is 18.9 Å². The van der Waals surface area contributed by atoms with Gasteiger partial charge in [-0.15, -0.1) is 0 Å². The molecule has 0 spiro atoms. The SMILES string of the molecule is CCc1ccccc1OC1CN(C(=O)[C@@H]2CC(=O)N(CCN(C)C)C2)C1. The number of hydrogen-bond donors (Lipinski definition) is 0. The number of benzene rings is 1. The summed E-state index contributed by atoms with van der Waals surface area (Å²) in [5, 5.41) is 0. The molecule has 3 rings (SSSR count). The third-order valence-corrected chi connectivity index (χ3v) is 5.19. The van der Waals surface area contributed by atoms with Gasteiger partial charge in [-0.3, -0.25) is 9.59 Å². The van der Waals surface area contributed by atoms with Crippen molar-refractivity contribution in [2.75, 3.05) is 46.8 Å².